The third kappa shape index (κ3) is 5.14. The van der Waals surface area contributed by atoms with Crippen LogP contribution < -0.4 is 10.1 Å². The van der Waals surface area contributed by atoms with Gasteiger partial charge in [0.05, 0.1) is 0 Å². The molecule has 0 unspecified atom stereocenters. The Morgan fingerprint density at radius 3 is 2.38 bits per heavy atom. The van der Waals surface area contributed by atoms with E-state index in [0.29, 0.717) is 17.1 Å². The number of halogens is 2. The predicted molar refractivity (Wildman–Crippen MR) is 103 cm³/mol. The number of nitrogens with one attached hydrogen (secondary N) is 1. The maximum absolute atomic E-state index is 12.2. The van der Waals surface area contributed by atoms with Gasteiger partial charge in [-0.05, 0) is 67.7 Å². The summed E-state index contributed by atoms with van der Waals surface area (Å²) in [5, 5.41) is 3.86. The molecule has 1 atom stereocenters. The quantitative estimate of drug-likeness (QED) is 0.664. The van der Waals surface area contributed by atoms with Crippen LogP contribution in [-0.4, -0.2) is 22.7 Å². The van der Waals surface area contributed by atoms with E-state index >= 15 is 0 Å². The van der Waals surface area contributed by atoms with Gasteiger partial charge in [0.2, 0.25) is 0 Å². The van der Waals surface area contributed by atoms with Gasteiger partial charge in [-0.2, -0.15) is 8.78 Å². The van der Waals surface area contributed by atoms with Gasteiger partial charge in [-0.1, -0.05) is 30.3 Å². The van der Waals surface area contributed by atoms with Crippen LogP contribution in [0.3, 0.4) is 0 Å². The first-order valence-electron chi connectivity index (χ1n) is 8.69. The van der Waals surface area contributed by atoms with Gasteiger partial charge in [0, 0.05) is 18.3 Å². The molecule has 138 valence electrons. The number of hydrogen-bond donors (Lipinski definition) is 1. The molecule has 0 amide bonds. The second kappa shape index (κ2) is 8.45. The highest BCUT2D eigenvalue weighted by Gasteiger charge is 2.33. The zero-order chi connectivity index (χ0) is 18.5. The summed E-state index contributed by atoms with van der Waals surface area (Å²) in [6, 6.07) is 16.9. The van der Waals surface area contributed by atoms with Crippen LogP contribution in [0.2, 0.25) is 0 Å². The van der Waals surface area contributed by atoms with E-state index in [9.17, 15) is 8.78 Å². The second-order valence-corrected chi connectivity index (χ2v) is 6.91. The lowest BCUT2D eigenvalue weighted by Gasteiger charge is -2.32. The number of nitrogens with zero attached hydrogens (tertiary/aromatic N) is 1. The number of alkyl halides is 2. The fourth-order valence-corrected chi connectivity index (χ4v) is 3.28. The average molecular weight is 376 g/mol. The second-order valence-electron chi connectivity index (χ2n) is 6.52. The first kappa shape index (κ1) is 18.6. The molecule has 3 rings (SSSR count). The van der Waals surface area contributed by atoms with Crippen molar-refractivity contribution in [3.63, 3.8) is 0 Å². The molecule has 26 heavy (non-hydrogen) atoms. The van der Waals surface area contributed by atoms with E-state index < -0.39 is 6.61 Å². The molecule has 0 bridgehead atoms. The van der Waals surface area contributed by atoms with Crippen molar-refractivity contribution in [1.29, 1.82) is 0 Å². The number of thiocarbonyl (C=S) groups is 1. The molecule has 0 radical (unpaired) electrons. The zero-order valence-electron chi connectivity index (χ0n) is 14.6. The van der Waals surface area contributed by atoms with E-state index in [2.05, 4.69) is 34.0 Å². The molecule has 0 aliphatic heterocycles. The predicted octanol–water partition coefficient (Wildman–Crippen LogP) is 5.29. The normalized spacial score (nSPS) is 14.8. The van der Waals surface area contributed by atoms with Gasteiger partial charge in [-0.25, -0.2) is 0 Å². The highest BCUT2D eigenvalue weighted by Crippen LogP contribution is 2.36. The summed E-state index contributed by atoms with van der Waals surface area (Å²) in [5.41, 5.74) is 1.95. The standard InChI is InChI=1S/C20H22F2N2OS/c1-14(16-7-8-16)24(13-15-5-3-2-4-6-15)20(26)23-17-9-11-18(12-10-17)25-19(21)22/h2-6,9-12,14,16,19H,7-8,13H2,1H3,(H,23,26)/t14-/m1/s1. The van der Waals surface area contributed by atoms with Crippen LogP contribution in [0, 0.1) is 5.92 Å². The largest absolute Gasteiger partial charge is 0.435 e. The summed E-state index contributed by atoms with van der Waals surface area (Å²) >= 11 is 5.65. The molecule has 2 aromatic rings. The van der Waals surface area contributed by atoms with Crippen molar-refractivity contribution < 1.29 is 13.5 Å². The molecular formula is C20H22F2N2OS. The monoisotopic (exact) mass is 376 g/mol. The summed E-state index contributed by atoms with van der Waals surface area (Å²) in [6.07, 6.45) is 2.46. The Morgan fingerprint density at radius 1 is 1.15 bits per heavy atom. The lowest BCUT2D eigenvalue weighted by Crippen LogP contribution is -2.41. The molecule has 2 aromatic carbocycles. The first-order valence-corrected chi connectivity index (χ1v) is 9.10. The van der Waals surface area contributed by atoms with Gasteiger partial charge >= 0.3 is 6.61 Å². The fourth-order valence-electron chi connectivity index (χ4n) is 2.93. The smallest absolute Gasteiger partial charge is 0.387 e. The topological polar surface area (TPSA) is 24.5 Å². The third-order valence-electron chi connectivity index (χ3n) is 4.58. The van der Waals surface area contributed by atoms with Crippen LogP contribution in [0.1, 0.15) is 25.3 Å². The lowest BCUT2D eigenvalue weighted by molar-refractivity contribution is -0.0498. The van der Waals surface area contributed by atoms with Crippen molar-refractivity contribution in [2.24, 2.45) is 5.92 Å². The van der Waals surface area contributed by atoms with Gasteiger partial charge in [0.25, 0.3) is 0 Å². The van der Waals surface area contributed by atoms with Gasteiger partial charge < -0.3 is 15.0 Å². The zero-order valence-corrected chi connectivity index (χ0v) is 15.4. The minimum absolute atomic E-state index is 0.129. The van der Waals surface area contributed by atoms with Gasteiger partial charge in [-0.15, -0.1) is 0 Å². The summed E-state index contributed by atoms with van der Waals surface area (Å²) in [7, 11) is 0. The fraction of sp³-hybridized carbons (Fsp3) is 0.350. The van der Waals surface area contributed by atoms with Crippen molar-refractivity contribution in [2.45, 2.75) is 39.0 Å². The summed E-state index contributed by atoms with van der Waals surface area (Å²) in [6.45, 7) is 0.112. The Kier molecular flexibility index (Phi) is 6.04. The van der Waals surface area contributed by atoms with E-state index in [-0.39, 0.29) is 5.75 Å². The molecule has 1 N–H and O–H groups in total. The number of anilines is 1. The van der Waals surface area contributed by atoms with Crippen molar-refractivity contribution in [3.8, 4) is 5.75 Å². The Hall–Kier alpha value is -2.21. The lowest BCUT2D eigenvalue weighted by atomic mass is 10.1. The molecule has 3 nitrogen and oxygen atoms in total. The highest BCUT2D eigenvalue weighted by molar-refractivity contribution is 7.80. The summed E-state index contributed by atoms with van der Waals surface area (Å²) in [5.74, 6) is 0.796. The molecule has 0 aromatic heterocycles. The molecule has 0 spiro atoms. The molecule has 1 fully saturated rings. The van der Waals surface area contributed by atoms with Crippen molar-refractivity contribution in [2.75, 3.05) is 5.32 Å². The number of hydrogen-bond acceptors (Lipinski definition) is 2. The van der Waals surface area contributed by atoms with E-state index in [1.165, 1.54) is 30.5 Å². The Bertz CT molecular complexity index is 720. The SMILES string of the molecule is C[C@H](C1CC1)N(Cc1ccccc1)C(=S)Nc1ccc(OC(F)F)cc1. The molecular weight excluding hydrogens is 354 g/mol. The van der Waals surface area contributed by atoms with Gasteiger partial charge in [-0.3, -0.25) is 0 Å². The molecule has 1 aliphatic rings. The van der Waals surface area contributed by atoms with Crippen molar-refractivity contribution in [3.05, 3.63) is 60.2 Å². The minimum atomic E-state index is -2.82. The van der Waals surface area contributed by atoms with Gasteiger partial charge in [0.15, 0.2) is 5.11 Å². The summed E-state index contributed by atoms with van der Waals surface area (Å²) < 4.78 is 28.9. The van der Waals surface area contributed by atoms with Crippen LogP contribution in [0.4, 0.5) is 14.5 Å². The van der Waals surface area contributed by atoms with E-state index in [1.807, 2.05) is 18.2 Å². The van der Waals surface area contributed by atoms with Crippen LogP contribution in [-0.2, 0) is 6.54 Å². The molecule has 1 aliphatic carbocycles. The van der Waals surface area contributed by atoms with Crippen molar-refractivity contribution >= 4 is 23.0 Å². The van der Waals surface area contributed by atoms with E-state index in [0.717, 1.165) is 12.2 Å². The molecule has 0 saturated heterocycles. The summed E-state index contributed by atoms with van der Waals surface area (Å²) in [4.78, 5) is 2.20. The number of benzene rings is 2. The first-order chi connectivity index (χ1) is 12.5. The minimum Gasteiger partial charge on any atom is -0.435 e. The van der Waals surface area contributed by atoms with Crippen LogP contribution >= 0.6 is 12.2 Å². The van der Waals surface area contributed by atoms with Crippen LogP contribution in [0.15, 0.2) is 54.6 Å². The average Bonchev–Trinajstić information content (AvgIpc) is 3.46. The molecule has 0 heterocycles. The molecule has 6 heteroatoms. The van der Waals surface area contributed by atoms with Crippen molar-refractivity contribution in [1.82, 2.24) is 4.90 Å². The van der Waals surface area contributed by atoms with E-state index in [4.69, 9.17) is 12.2 Å². The highest BCUT2D eigenvalue weighted by atomic mass is 32.1. The van der Waals surface area contributed by atoms with Gasteiger partial charge in [0.1, 0.15) is 5.75 Å². The Balaban J connectivity index is 1.68. The maximum Gasteiger partial charge on any atom is 0.387 e. The third-order valence-corrected chi connectivity index (χ3v) is 4.92. The van der Waals surface area contributed by atoms with Crippen LogP contribution in [0.5, 0.6) is 5.75 Å². The Morgan fingerprint density at radius 2 is 1.81 bits per heavy atom. The van der Waals surface area contributed by atoms with E-state index in [1.54, 1.807) is 12.1 Å². The van der Waals surface area contributed by atoms with Crippen LogP contribution in [0.25, 0.3) is 0 Å². The maximum atomic E-state index is 12.2. The number of ether oxygens (including phenoxy) is 1. The molecule has 1 saturated carbocycles. The Labute approximate surface area is 158 Å². The number of rotatable bonds is 7.